The number of hydrogen-bond donors (Lipinski definition) is 1. The summed E-state index contributed by atoms with van der Waals surface area (Å²) in [6.07, 6.45) is 0. The van der Waals surface area contributed by atoms with Gasteiger partial charge in [-0.2, -0.15) is 0 Å². The summed E-state index contributed by atoms with van der Waals surface area (Å²) in [4.78, 5) is 2.14. The van der Waals surface area contributed by atoms with Gasteiger partial charge in [0.15, 0.2) is 0 Å². The molecule has 0 amide bonds. The normalized spacial score (nSPS) is 11.2. The van der Waals surface area contributed by atoms with Crippen LogP contribution in [0, 0.1) is 0 Å². The summed E-state index contributed by atoms with van der Waals surface area (Å²) in [6, 6.07) is 6.24. The second-order valence-electron chi connectivity index (χ2n) is 4.62. The maximum absolute atomic E-state index is 6.21. The lowest BCUT2D eigenvalue weighted by Crippen LogP contribution is -2.20. The maximum Gasteiger partial charge on any atom is 0.0640 e. The van der Waals surface area contributed by atoms with Crippen molar-refractivity contribution in [2.75, 3.05) is 32.5 Å². The third-order valence-electron chi connectivity index (χ3n) is 2.53. The van der Waals surface area contributed by atoms with Gasteiger partial charge in [-0.1, -0.05) is 31.5 Å². The molecule has 0 aromatic heterocycles. The van der Waals surface area contributed by atoms with Crippen LogP contribution in [0.3, 0.4) is 0 Å². The van der Waals surface area contributed by atoms with Crippen molar-refractivity contribution in [1.29, 1.82) is 0 Å². The molecule has 0 spiro atoms. The van der Waals surface area contributed by atoms with Gasteiger partial charge in [-0.3, -0.25) is 0 Å². The van der Waals surface area contributed by atoms with Crippen LogP contribution in [0.1, 0.15) is 25.3 Å². The van der Waals surface area contributed by atoms with Gasteiger partial charge in [0.25, 0.3) is 0 Å². The molecule has 0 radical (unpaired) electrons. The van der Waals surface area contributed by atoms with Crippen molar-refractivity contribution in [3.05, 3.63) is 28.8 Å². The van der Waals surface area contributed by atoms with Gasteiger partial charge in [0.2, 0.25) is 0 Å². The minimum Gasteiger partial charge on any atom is -0.383 e. The van der Waals surface area contributed by atoms with Crippen molar-refractivity contribution < 1.29 is 0 Å². The first-order valence-corrected chi connectivity index (χ1v) is 6.06. The molecule has 2 nitrogen and oxygen atoms in total. The van der Waals surface area contributed by atoms with E-state index < -0.39 is 0 Å². The molecule has 1 rings (SSSR count). The van der Waals surface area contributed by atoms with E-state index in [0.717, 1.165) is 23.8 Å². The number of nitrogens with zero attached hydrogens (tertiary/aromatic N) is 1. The average Bonchev–Trinajstić information content (AvgIpc) is 2.19. The molecule has 0 saturated heterocycles. The van der Waals surface area contributed by atoms with Crippen molar-refractivity contribution in [3.8, 4) is 0 Å². The zero-order valence-electron chi connectivity index (χ0n) is 10.5. The van der Waals surface area contributed by atoms with E-state index in [1.54, 1.807) is 0 Å². The standard InChI is InChI=1S/C13H21ClN2/c1-10(2)11-5-6-13(12(14)9-11)15-7-8-16(3)4/h5-6,9-10,15H,7-8H2,1-4H3. The molecule has 16 heavy (non-hydrogen) atoms. The Morgan fingerprint density at radius 1 is 1.31 bits per heavy atom. The predicted octanol–water partition coefficient (Wildman–Crippen LogP) is 3.44. The number of likely N-dealkylation sites (N-methyl/N-ethyl adjacent to an activating group) is 1. The molecule has 90 valence electrons. The lowest BCUT2D eigenvalue weighted by atomic mass is 10.0. The van der Waals surface area contributed by atoms with Gasteiger partial charge < -0.3 is 10.2 Å². The molecule has 0 aliphatic carbocycles. The molecule has 0 fully saturated rings. The summed E-state index contributed by atoms with van der Waals surface area (Å²) >= 11 is 6.21. The maximum atomic E-state index is 6.21. The van der Waals surface area contributed by atoms with Gasteiger partial charge >= 0.3 is 0 Å². The average molecular weight is 241 g/mol. The molecule has 0 unspecified atom stereocenters. The molecule has 0 aliphatic rings. The molecule has 1 aromatic carbocycles. The summed E-state index contributed by atoms with van der Waals surface area (Å²) in [5, 5.41) is 4.15. The van der Waals surface area contributed by atoms with Crippen LogP contribution < -0.4 is 5.32 Å². The molecular formula is C13H21ClN2. The van der Waals surface area contributed by atoms with Crippen LogP contribution in [0.5, 0.6) is 0 Å². The van der Waals surface area contributed by atoms with E-state index in [4.69, 9.17) is 11.6 Å². The Morgan fingerprint density at radius 2 is 2.00 bits per heavy atom. The van der Waals surface area contributed by atoms with E-state index >= 15 is 0 Å². The number of hydrogen-bond acceptors (Lipinski definition) is 2. The second-order valence-corrected chi connectivity index (χ2v) is 5.03. The van der Waals surface area contributed by atoms with E-state index in [1.165, 1.54) is 5.56 Å². The van der Waals surface area contributed by atoms with Crippen LogP contribution in [0.15, 0.2) is 18.2 Å². The quantitative estimate of drug-likeness (QED) is 0.848. The van der Waals surface area contributed by atoms with Crippen molar-refractivity contribution in [2.45, 2.75) is 19.8 Å². The van der Waals surface area contributed by atoms with Crippen LogP contribution in [0.2, 0.25) is 5.02 Å². The van der Waals surface area contributed by atoms with Crippen molar-refractivity contribution in [2.24, 2.45) is 0 Å². The Hall–Kier alpha value is -0.730. The minimum atomic E-state index is 0.522. The van der Waals surface area contributed by atoms with Crippen LogP contribution in [0.4, 0.5) is 5.69 Å². The molecule has 1 N–H and O–H groups in total. The van der Waals surface area contributed by atoms with Gasteiger partial charge in [0.05, 0.1) is 10.7 Å². The van der Waals surface area contributed by atoms with E-state index in [9.17, 15) is 0 Å². The number of benzene rings is 1. The third-order valence-corrected chi connectivity index (χ3v) is 2.85. The SMILES string of the molecule is CC(C)c1ccc(NCCN(C)C)c(Cl)c1. The number of halogens is 1. The first-order chi connectivity index (χ1) is 7.50. The van der Waals surface area contributed by atoms with E-state index in [-0.39, 0.29) is 0 Å². The number of nitrogens with one attached hydrogen (secondary N) is 1. The molecule has 0 heterocycles. The van der Waals surface area contributed by atoms with Crippen molar-refractivity contribution in [3.63, 3.8) is 0 Å². The van der Waals surface area contributed by atoms with Gasteiger partial charge in [0, 0.05) is 13.1 Å². The first-order valence-electron chi connectivity index (χ1n) is 5.68. The largest absolute Gasteiger partial charge is 0.383 e. The smallest absolute Gasteiger partial charge is 0.0640 e. The molecule has 0 saturated carbocycles. The number of rotatable bonds is 5. The molecule has 0 bridgehead atoms. The van der Waals surface area contributed by atoms with E-state index in [1.807, 2.05) is 6.07 Å². The Bertz CT molecular complexity index is 335. The summed E-state index contributed by atoms with van der Waals surface area (Å²) < 4.78 is 0. The van der Waals surface area contributed by atoms with Gasteiger partial charge in [-0.05, 0) is 37.7 Å². The fourth-order valence-electron chi connectivity index (χ4n) is 1.45. The molecule has 0 aliphatic heterocycles. The number of anilines is 1. The van der Waals surface area contributed by atoms with E-state index in [2.05, 4.69) is 50.3 Å². The zero-order chi connectivity index (χ0) is 12.1. The lowest BCUT2D eigenvalue weighted by molar-refractivity contribution is 0.425. The monoisotopic (exact) mass is 240 g/mol. The Kier molecular flexibility index (Phi) is 5.10. The minimum absolute atomic E-state index is 0.522. The summed E-state index contributed by atoms with van der Waals surface area (Å²) in [5.41, 5.74) is 2.30. The Labute approximate surface area is 104 Å². The van der Waals surface area contributed by atoms with Crippen LogP contribution in [-0.4, -0.2) is 32.1 Å². The highest BCUT2D eigenvalue weighted by Crippen LogP contribution is 2.26. The van der Waals surface area contributed by atoms with Crippen LogP contribution >= 0.6 is 11.6 Å². The highest BCUT2D eigenvalue weighted by molar-refractivity contribution is 6.33. The lowest BCUT2D eigenvalue weighted by Gasteiger charge is -2.14. The molecule has 0 atom stereocenters. The van der Waals surface area contributed by atoms with E-state index in [0.29, 0.717) is 5.92 Å². The van der Waals surface area contributed by atoms with Gasteiger partial charge in [0.1, 0.15) is 0 Å². The predicted molar refractivity (Wildman–Crippen MR) is 72.6 cm³/mol. The fraction of sp³-hybridized carbons (Fsp3) is 0.538. The highest BCUT2D eigenvalue weighted by atomic mass is 35.5. The van der Waals surface area contributed by atoms with Gasteiger partial charge in [-0.25, -0.2) is 0 Å². The topological polar surface area (TPSA) is 15.3 Å². The Balaban J connectivity index is 2.61. The molecule has 1 aromatic rings. The highest BCUT2D eigenvalue weighted by Gasteiger charge is 2.04. The van der Waals surface area contributed by atoms with Crippen molar-refractivity contribution >= 4 is 17.3 Å². The van der Waals surface area contributed by atoms with Crippen LogP contribution in [0.25, 0.3) is 0 Å². The summed E-state index contributed by atoms with van der Waals surface area (Å²) in [6.45, 7) is 6.26. The second kappa shape index (κ2) is 6.12. The van der Waals surface area contributed by atoms with Crippen LogP contribution in [-0.2, 0) is 0 Å². The zero-order valence-corrected chi connectivity index (χ0v) is 11.3. The first kappa shape index (κ1) is 13.3. The van der Waals surface area contributed by atoms with Gasteiger partial charge in [-0.15, -0.1) is 0 Å². The molecule has 3 heteroatoms. The summed E-state index contributed by atoms with van der Waals surface area (Å²) in [5.74, 6) is 0.522. The third kappa shape index (κ3) is 4.03. The van der Waals surface area contributed by atoms with Crippen molar-refractivity contribution in [1.82, 2.24) is 4.90 Å². The summed E-state index contributed by atoms with van der Waals surface area (Å²) in [7, 11) is 4.12. The molecular weight excluding hydrogens is 220 g/mol. The fourth-order valence-corrected chi connectivity index (χ4v) is 1.70. The Morgan fingerprint density at radius 3 is 2.50 bits per heavy atom.